The van der Waals surface area contributed by atoms with E-state index in [-0.39, 0.29) is 43.3 Å². The van der Waals surface area contributed by atoms with Crippen molar-refractivity contribution in [2.24, 2.45) is 5.73 Å². The van der Waals surface area contributed by atoms with Crippen LogP contribution in [0.25, 0.3) is 0 Å². The Hall–Kier alpha value is -4.54. The molecular formula is C29H41BrFN7O8. The van der Waals surface area contributed by atoms with E-state index in [4.69, 9.17) is 10.8 Å². The summed E-state index contributed by atoms with van der Waals surface area (Å²) in [4.78, 5) is 84.9. The third-order valence-electron chi connectivity index (χ3n) is 6.64. The molecule has 0 saturated carbocycles. The molecule has 0 spiro atoms. The number of anilines is 1. The second kappa shape index (κ2) is 20.5. The molecule has 0 radical (unpaired) electrons. The van der Waals surface area contributed by atoms with Gasteiger partial charge in [-0.1, -0.05) is 28.9 Å². The van der Waals surface area contributed by atoms with Gasteiger partial charge in [-0.15, -0.1) is 0 Å². The lowest BCUT2D eigenvalue weighted by Crippen LogP contribution is -2.47. The Morgan fingerprint density at radius 2 is 1.67 bits per heavy atom. The van der Waals surface area contributed by atoms with Crippen molar-refractivity contribution in [2.45, 2.75) is 57.5 Å². The number of unbranched alkanes of at least 4 members (excludes halogenated alkanes) is 2. The van der Waals surface area contributed by atoms with Gasteiger partial charge in [-0.2, -0.15) is 0 Å². The lowest BCUT2D eigenvalue weighted by molar-refractivity contribution is -0.141. The van der Waals surface area contributed by atoms with Gasteiger partial charge in [0.25, 0.3) is 5.91 Å². The van der Waals surface area contributed by atoms with Crippen LogP contribution in [0.1, 0.15) is 55.8 Å². The van der Waals surface area contributed by atoms with Crippen LogP contribution in [0.3, 0.4) is 0 Å². The summed E-state index contributed by atoms with van der Waals surface area (Å²) in [7, 11) is 1.22. The van der Waals surface area contributed by atoms with E-state index in [9.17, 15) is 38.0 Å². The molecule has 0 aliphatic heterocycles. The van der Waals surface area contributed by atoms with Gasteiger partial charge in [-0.05, 0) is 50.8 Å². The third-order valence-corrected chi connectivity index (χ3v) is 7.32. The van der Waals surface area contributed by atoms with Gasteiger partial charge in [0.2, 0.25) is 23.6 Å². The summed E-state index contributed by atoms with van der Waals surface area (Å²) in [6.07, 6.45) is 2.26. The molecule has 0 heterocycles. The average Bonchev–Trinajstić information content (AvgIpc) is 3.01. The number of amides is 7. The zero-order valence-electron chi connectivity index (χ0n) is 25.8. The number of primary amides is 1. The Kier molecular flexibility index (Phi) is 17.6. The van der Waals surface area contributed by atoms with Crippen LogP contribution in [0, 0.1) is 5.82 Å². The summed E-state index contributed by atoms with van der Waals surface area (Å²) in [6, 6.07) is 0.0888. The molecule has 17 heteroatoms. The number of halogens is 2. The Bertz CT molecular complexity index is 1300. The van der Waals surface area contributed by atoms with E-state index < -0.39 is 59.7 Å². The van der Waals surface area contributed by atoms with E-state index in [0.717, 1.165) is 17.0 Å². The fraction of sp³-hybridized carbons (Fsp3) is 0.483. The van der Waals surface area contributed by atoms with Gasteiger partial charge in [0.05, 0.1) is 12.1 Å². The molecule has 8 N–H and O–H groups in total. The van der Waals surface area contributed by atoms with Gasteiger partial charge in [0, 0.05) is 43.1 Å². The molecule has 0 bridgehead atoms. The molecule has 2 atom stereocenters. The van der Waals surface area contributed by atoms with E-state index >= 15 is 0 Å². The van der Waals surface area contributed by atoms with Gasteiger partial charge < -0.3 is 42.3 Å². The molecule has 0 aromatic heterocycles. The van der Waals surface area contributed by atoms with Crippen LogP contribution in [0.5, 0.6) is 0 Å². The first-order valence-corrected chi connectivity index (χ1v) is 15.5. The highest BCUT2D eigenvalue weighted by molar-refractivity contribution is 9.09. The van der Waals surface area contributed by atoms with E-state index in [1.54, 1.807) is 0 Å². The zero-order valence-corrected chi connectivity index (χ0v) is 27.3. The highest BCUT2D eigenvalue weighted by Crippen LogP contribution is 2.18. The van der Waals surface area contributed by atoms with Crippen molar-refractivity contribution >= 4 is 63.2 Å². The number of urea groups is 1. The average molecular weight is 715 g/mol. The number of hydrogen-bond donors (Lipinski definition) is 7. The van der Waals surface area contributed by atoms with Crippen molar-refractivity contribution in [3.05, 3.63) is 41.7 Å². The van der Waals surface area contributed by atoms with E-state index in [1.165, 1.54) is 20.0 Å². The molecule has 1 aromatic rings. The first-order valence-electron chi connectivity index (χ1n) is 14.4. The maximum absolute atomic E-state index is 14.8. The second-order valence-electron chi connectivity index (χ2n) is 10.2. The number of carboxylic acid groups (broad SMARTS) is 1. The minimum absolute atomic E-state index is 0.0385. The molecule has 15 nitrogen and oxygen atoms in total. The summed E-state index contributed by atoms with van der Waals surface area (Å²) >= 11 is 3.15. The summed E-state index contributed by atoms with van der Waals surface area (Å²) < 4.78 is 14.8. The highest BCUT2D eigenvalue weighted by atomic mass is 79.9. The number of nitrogens with one attached hydrogen (secondary N) is 5. The third kappa shape index (κ3) is 14.5. The van der Waals surface area contributed by atoms with E-state index in [0.29, 0.717) is 36.7 Å². The van der Waals surface area contributed by atoms with Gasteiger partial charge in [0.1, 0.15) is 17.9 Å². The molecule has 1 aromatic carbocycles. The molecular weight excluding hydrogens is 673 g/mol. The molecule has 1 unspecified atom stereocenters. The smallest absolute Gasteiger partial charge is 0.326 e. The maximum atomic E-state index is 14.8. The van der Waals surface area contributed by atoms with Gasteiger partial charge in [-0.25, -0.2) is 14.0 Å². The Labute approximate surface area is 274 Å². The Morgan fingerprint density at radius 1 is 1.00 bits per heavy atom. The molecule has 254 valence electrons. The van der Waals surface area contributed by atoms with Gasteiger partial charge in [0.15, 0.2) is 0 Å². The van der Waals surface area contributed by atoms with Crippen LogP contribution in [0.15, 0.2) is 30.4 Å². The SMILES string of the molecule is C=C(CBr)C(=O)NCCCCCC(=O)NCC(=O)NC(CCCNC(N)=O)C(=O)Nc1ccc(C(=O)N(C)[C@@H](C)C(=O)O)c(F)c1. The number of rotatable bonds is 20. The first-order chi connectivity index (χ1) is 21.7. The van der Waals surface area contributed by atoms with Crippen LogP contribution in [0.4, 0.5) is 14.9 Å². The number of alkyl halides is 1. The van der Waals surface area contributed by atoms with E-state index in [1.807, 2.05) is 0 Å². The van der Waals surface area contributed by atoms with Crippen molar-refractivity contribution in [3.8, 4) is 0 Å². The zero-order chi connectivity index (χ0) is 34.8. The van der Waals surface area contributed by atoms with Crippen LogP contribution >= 0.6 is 15.9 Å². The second-order valence-corrected chi connectivity index (χ2v) is 10.8. The van der Waals surface area contributed by atoms with Crippen molar-refractivity contribution in [1.82, 2.24) is 26.2 Å². The number of hydrogen-bond acceptors (Lipinski definition) is 7. The summed E-state index contributed by atoms with van der Waals surface area (Å²) in [6.45, 7) is 5.01. The van der Waals surface area contributed by atoms with Crippen molar-refractivity contribution in [1.29, 1.82) is 0 Å². The molecule has 1 rings (SSSR count). The van der Waals surface area contributed by atoms with Crippen molar-refractivity contribution < 1.29 is 43.1 Å². The number of likely N-dealkylation sites (N-methyl/N-ethyl adjacent to an activating group) is 1. The number of nitrogens with two attached hydrogens (primary N) is 1. The molecule has 0 fully saturated rings. The van der Waals surface area contributed by atoms with Gasteiger partial charge >= 0.3 is 12.0 Å². The van der Waals surface area contributed by atoms with Crippen LogP contribution in [-0.4, -0.2) is 95.6 Å². The number of nitrogens with zero attached hydrogens (tertiary/aromatic N) is 1. The molecule has 46 heavy (non-hydrogen) atoms. The topological polar surface area (TPSA) is 229 Å². The fourth-order valence-electron chi connectivity index (χ4n) is 3.80. The normalized spacial score (nSPS) is 11.7. The Morgan fingerprint density at radius 3 is 2.28 bits per heavy atom. The van der Waals surface area contributed by atoms with Crippen LogP contribution in [0.2, 0.25) is 0 Å². The van der Waals surface area contributed by atoms with Gasteiger partial charge in [-0.3, -0.25) is 24.0 Å². The van der Waals surface area contributed by atoms with Crippen molar-refractivity contribution in [3.63, 3.8) is 0 Å². The lowest BCUT2D eigenvalue weighted by atomic mass is 10.1. The summed E-state index contributed by atoms with van der Waals surface area (Å²) in [5.74, 6) is -5.19. The standard InChI is InChI=1S/C29H41BrFN7O8/c1-17(15-30)25(41)33-12-6-4-5-9-23(39)35-16-24(40)37-22(8-7-13-34-29(32)46)26(42)36-19-10-11-20(21(31)14-19)27(43)38(3)18(2)28(44)45/h10-11,14,18,22H,1,4-9,12-13,15-16H2,2-3H3,(H,33,41)(H,35,39)(H,36,42)(H,37,40)(H,44,45)(H3,32,34,46)/t18-,22?/m0/s1. The predicted octanol–water partition coefficient (Wildman–Crippen LogP) is 0.987. The quantitative estimate of drug-likeness (QED) is 0.0584. The maximum Gasteiger partial charge on any atom is 0.326 e. The first kappa shape index (κ1) is 39.5. The number of carboxylic acids is 1. The summed E-state index contributed by atoms with van der Waals surface area (Å²) in [5, 5.41) is 22.0. The number of carbonyl (C=O) groups excluding carboxylic acids is 6. The highest BCUT2D eigenvalue weighted by Gasteiger charge is 2.26. The minimum atomic E-state index is -1.27. The van der Waals surface area contributed by atoms with E-state index in [2.05, 4.69) is 49.1 Å². The van der Waals surface area contributed by atoms with Crippen LogP contribution < -0.4 is 32.3 Å². The minimum Gasteiger partial charge on any atom is -0.480 e. The molecule has 0 aliphatic carbocycles. The number of carbonyl (C=O) groups is 7. The summed E-state index contributed by atoms with van der Waals surface area (Å²) in [5.41, 5.74) is 5.02. The molecule has 0 saturated heterocycles. The van der Waals surface area contributed by atoms with Crippen LogP contribution in [-0.2, 0) is 24.0 Å². The predicted molar refractivity (Wildman–Crippen MR) is 170 cm³/mol. The fourth-order valence-corrected chi connectivity index (χ4v) is 4.06. The largest absolute Gasteiger partial charge is 0.480 e. The van der Waals surface area contributed by atoms with Crippen molar-refractivity contribution in [2.75, 3.05) is 37.3 Å². The lowest BCUT2D eigenvalue weighted by Gasteiger charge is -2.22. The molecule has 7 amide bonds. The molecule has 0 aliphatic rings. The number of aliphatic carboxylic acids is 1. The Balaban J connectivity index is 2.71. The monoisotopic (exact) mass is 713 g/mol. The number of benzene rings is 1.